The fraction of sp³-hybridized carbons (Fsp3) is 0.846. The van der Waals surface area contributed by atoms with Crippen LogP contribution >= 0.6 is 0 Å². The summed E-state index contributed by atoms with van der Waals surface area (Å²) < 4.78 is 5.75. The Morgan fingerprint density at radius 1 is 1.33 bits per heavy atom. The zero-order chi connectivity index (χ0) is 12.1. The molecule has 90 valence electrons. The highest BCUT2D eigenvalue weighted by molar-refractivity contribution is 4.99. The summed E-state index contributed by atoms with van der Waals surface area (Å²) in [5.74, 6) is 0. The number of ether oxygens (including phenoxy) is 1. The zero-order valence-corrected chi connectivity index (χ0v) is 11.0. The second-order valence-corrected chi connectivity index (χ2v) is 5.21. The summed E-state index contributed by atoms with van der Waals surface area (Å²) in [7, 11) is 0. The van der Waals surface area contributed by atoms with E-state index in [0.29, 0.717) is 6.61 Å². The Bertz CT molecular complexity index is 193. The lowest BCUT2D eigenvalue weighted by atomic mass is 9.82. The van der Waals surface area contributed by atoms with Gasteiger partial charge in [-0.1, -0.05) is 39.8 Å². The minimum atomic E-state index is 0.0531. The molecule has 2 N–H and O–H groups in total. The summed E-state index contributed by atoms with van der Waals surface area (Å²) in [5.41, 5.74) is 7.47. The van der Waals surface area contributed by atoms with Crippen LogP contribution in [0.15, 0.2) is 12.2 Å². The van der Waals surface area contributed by atoms with Crippen LogP contribution in [-0.2, 0) is 4.74 Å². The van der Waals surface area contributed by atoms with Gasteiger partial charge in [-0.25, -0.2) is 0 Å². The molecule has 0 aromatic carbocycles. The molecule has 15 heavy (non-hydrogen) atoms. The summed E-state index contributed by atoms with van der Waals surface area (Å²) in [6.45, 7) is 15.4. The molecular weight excluding hydrogens is 186 g/mol. The topological polar surface area (TPSA) is 35.2 Å². The van der Waals surface area contributed by atoms with Gasteiger partial charge in [0.05, 0.1) is 6.10 Å². The van der Waals surface area contributed by atoms with E-state index >= 15 is 0 Å². The number of hydrogen-bond acceptors (Lipinski definition) is 2. The van der Waals surface area contributed by atoms with Gasteiger partial charge < -0.3 is 10.5 Å². The van der Waals surface area contributed by atoms with E-state index in [1.54, 1.807) is 0 Å². The largest absolute Gasteiger partial charge is 0.376 e. The first-order valence-corrected chi connectivity index (χ1v) is 5.86. The molecular formula is C13H27NO. The van der Waals surface area contributed by atoms with Crippen molar-refractivity contribution in [2.75, 3.05) is 6.61 Å². The molecule has 0 saturated heterocycles. The molecule has 0 aliphatic rings. The monoisotopic (exact) mass is 213 g/mol. The fourth-order valence-corrected chi connectivity index (χ4v) is 1.78. The van der Waals surface area contributed by atoms with Crippen LogP contribution in [0.2, 0.25) is 0 Å². The molecule has 0 fully saturated rings. The summed E-state index contributed by atoms with van der Waals surface area (Å²) >= 11 is 0. The van der Waals surface area contributed by atoms with Crippen LogP contribution in [0.4, 0.5) is 0 Å². The Labute approximate surface area is 94.9 Å². The van der Waals surface area contributed by atoms with E-state index in [9.17, 15) is 0 Å². The van der Waals surface area contributed by atoms with Crippen molar-refractivity contribution >= 4 is 0 Å². The summed E-state index contributed by atoms with van der Waals surface area (Å²) in [6, 6.07) is 0.0531. The second kappa shape index (κ2) is 6.29. The van der Waals surface area contributed by atoms with Crippen molar-refractivity contribution in [3.8, 4) is 0 Å². The molecule has 2 heteroatoms. The van der Waals surface area contributed by atoms with Crippen LogP contribution in [0.25, 0.3) is 0 Å². The van der Waals surface area contributed by atoms with Gasteiger partial charge in [-0.3, -0.25) is 0 Å². The molecule has 0 aliphatic heterocycles. The normalized spacial score (nSPS) is 16.1. The van der Waals surface area contributed by atoms with Crippen LogP contribution < -0.4 is 5.73 Å². The second-order valence-electron chi connectivity index (χ2n) is 5.21. The first kappa shape index (κ1) is 14.7. The third kappa shape index (κ3) is 5.33. The molecule has 0 bridgehead atoms. The number of rotatable bonds is 6. The highest BCUT2D eigenvalue weighted by Crippen LogP contribution is 2.26. The zero-order valence-electron chi connectivity index (χ0n) is 11.0. The molecule has 2 atom stereocenters. The SMILES string of the molecule is C=C(CC)CC(N)C(OCC)C(C)(C)C. The molecule has 2 nitrogen and oxygen atoms in total. The third-order valence-corrected chi connectivity index (χ3v) is 2.61. The predicted octanol–water partition coefficient (Wildman–Crippen LogP) is 3.12. The van der Waals surface area contributed by atoms with Gasteiger partial charge in [0.1, 0.15) is 0 Å². The van der Waals surface area contributed by atoms with E-state index in [1.165, 1.54) is 5.57 Å². The maximum Gasteiger partial charge on any atom is 0.0776 e. The average Bonchev–Trinajstić information content (AvgIpc) is 2.11. The van der Waals surface area contributed by atoms with Crippen LogP contribution in [0.1, 0.15) is 47.5 Å². The quantitative estimate of drug-likeness (QED) is 0.688. The van der Waals surface area contributed by atoms with Crippen molar-refractivity contribution in [1.29, 1.82) is 0 Å². The molecule has 0 amide bonds. The van der Waals surface area contributed by atoms with E-state index in [4.69, 9.17) is 10.5 Å². The minimum Gasteiger partial charge on any atom is -0.376 e. The van der Waals surface area contributed by atoms with Crippen LogP contribution in [0.5, 0.6) is 0 Å². The molecule has 0 radical (unpaired) electrons. The van der Waals surface area contributed by atoms with Gasteiger partial charge in [0.25, 0.3) is 0 Å². The third-order valence-electron chi connectivity index (χ3n) is 2.61. The Kier molecular flexibility index (Phi) is 6.15. The highest BCUT2D eigenvalue weighted by Gasteiger charge is 2.30. The van der Waals surface area contributed by atoms with Crippen LogP contribution in [0.3, 0.4) is 0 Å². The Balaban J connectivity index is 4.42. The van der Waals surface area contributed by atoms with Crippen molar-refractivity contribution < 1.29 is 4.74 Å². The Morgan fingerprint density at radius 3 is 2.20 bits per heavy atom. The van der Waals surface area contributed by atoms with E-state index in [0.717, 1.165) is 12.8 Å². The molecule has 0 spiro atoms. The minimum absolute atomic E-state index is 0.0531. The van der Waals surface area contributed by atoms with E-state index in [-0.39, 0.29) is 17.6 Å². The first-order chi connectivity index (χ1) is 6.82. The van der Waals surface area contributed by atoms with Gasteiger partial charge >= 0.3 is 0 Å². The maximum atomic E-state index is 6.18. The molecule has 0 rings (SSSR count). The van der Waals surface area contributed by atoms with E-state index in [2.05, 4.69) is 34.3 Å². The van der Waals surface area contributed by atoms with Crippen LogP contribution in [0, 0.1) is 5.41 Å². The lowest BCUT2D eigenvalue weighted by Gasteiger charge is -2.35. The molecule has 0 aliphatic carbocycles. The van der Waals surface area contributed by atoms with Gasteiger partial charge in [-0.15, -0.1) is 0 Å². The Morgan fingerprint density at radius 2 is 1.87 bits per heavy atom. The van der Waals surface area contributed by atoms with Crippen molar-refractivity contribution in [3.05, 3.63) is 12.2 Å². The lowest BCUT2D eigenvalue weighted by Crippen LogP contribution is -2.45. The van der Waals surface area contributed by atoms with Gasteiger partial charge in [-0.2, -0.15) is 0 Å². The summed E-state index contributed by atoms with van der Waals surface area (Å²) in [5, 5.41) is 0. The maximum absolute atomic E-state index is 6.18. The van der Waals surface area contributed by atoms with Gasteiger partial charge in [0, 0.05) is 12.6 Å². The number of hydrogen-bond donors (Lipinski definition) is 1. The molecule has 0 saturated carbocycles. The van der Waals surface area contributed by atoms with Gasteiger partial charge in [0.2, 0.25) is 0 Å². The number of nitrogens with two attached hydrogens (primary N) is 1. The van der Waals surface area contributed by atoms with Crippen molar-refractivity contribution in [1.82, 2.24) is 0 Å². The highest BCUT2D eigenvalue weighted by atomic mass is 16.5. The molecule has 0 aromatic rings. The van der Waals surface area contributed by atoms with Crippen molar-refractivity contribution in [3.63, 3.8) is 0 Å². The first-order valence-electron chi connectivity index (χ1n) is 5.86. The standard InChI is InChI=1S/C13H27NO/c1-7-10(3)9-11(14)12(15-8-2)13(4,5)6/h11-12H,3,7-9,14H2,1-2,4-6H3. The smallest absolute Gasteiger partial charge is 0.0776 e. The van der Waals surface area contributed by atoms with Crippen molar-refractivity contribution in [2.24, 2.45) is 11.1 Å². The van der Waals surface area contributed by atoms with E-state index in [1.807, 2.05) is 6.92 Å². The Hall–Kier alpha value is -0.340. The van der Waals surface area contributed by atoms with Gasteiger partial charge in [-0.05, 0) is 25.2 Å². The summed E-state index contributed by atoms with van der Waals surface area (Å²) in [6.07, 6.45) is 1.96. The average molecular weight is 213 g/mol. The predicted molar refractivity (Wildman–Crippen MR) is 66.9 cm³/mol. The van der Waals surface area contributed by atoms with E-state index < -0.39 is 0 Å². The lowest BCUT2D eigenvalue weighted by molar-refractivity contribution is -0.0274. The summed E-state index contributed by atoms with van der Waals surface area (Å²) in [4.78, 5) is 0. The molecule has 0 aromatic heterocycles. The fourth-order valence-electron chi connectivity index (χ4n) is 1.78. The molecule has 2 unspecified atom stereocenters. The molecule has 0 heterocycles. The van der Waals surface area contributed by atoms with Gasteiger partial charge in [0.15, 0.2) is 0 Å². The van der Waals surface area contributed by atoms with Crippen molar-refractivity contribution in [2.45, 2.75) is 59.6 Å². The van der Waals surface area contributed by atoms with Crippen LogP contribution in [-0.4, -0.2) is 18.8 Å².